The average Bonchev–Trinajstić information content (AvgIpc) is 3.12. The molecule has 1 fully saturated rings. The van der Waals surface area contributed by atoms with Crippen molar-refractivity contribution in [3.63, 3.8) is 0 Å². The Bertz CT molecular complexity index is 797. The van der Waals surface area contributed by atoms with E-state index < -0.39 is 10.0 Å². The summed E-state index contributed by atoms with van der Waals surface area (Å²) >= 11 is 0. The van der Waals surface area contributed by atoms with Crippen molar-refractivity contribution in [2.75, 3.05) is 25.0 Å². The third-order valence-corrected chi connectivity index (χ3v) is 6.37. The van der Waals surface area contributed by atoms with Crippen molar-refractivity contribution in [3.05, 3.63) is 53.7 Å². The highest BCUT2D eigenvalue weighted by Gasteiger charge is 2.27. The molecule has 1 aromatic heterocycles. The Morgan fingerprint density at radius 3 is 2.46 bits per heavy atom. The molecule has 0 aliphatic carbocycles. The number of pyridine rings is 1. The smallest absolute Gasteiger partial charge is 0.244 e. The van der Waals surface area contributed by atoms with Crippen LogP contribution in [0, 0.1) is 6.92 Å². The van der Waals surface area contributed by atoms with E-state index in [-0.39, 0.29) is 4.90 Å². The van der Waals surface area contributed by atoms with Crippen LogP contribution in [0.4, 0.5) is 5.82 Å². The van der Waals surface area contributed by atoms with Crippen LogP contribution in [-0.4, -0.2) is 37.8 Å². The fourth-order valence-corrected chi connectivity index (χ4v) is 4.42. The molecule has 1 aromatic carbocycles. The van der Waals surface area contributed by atoms with E-state index in [1.54, 1.807) is 16.4 Å². The fraction of sp³-hybridized carbons (Fsp3) is 0.389. The maximum Gasteiger partial charge on any atom is 0.244 e. The van der Waals surface area contributed by atoms with Gasteiger partial charge in [0.15, 0.2) is 0 Å². The van der Waals surface area contributed by atoms with Gasteiger partial charge in [-0.3, -0.25) is 0 Å². The van der Waals surface area contributed by atoms with E-state index >= 15 is 0 Å². The highest BCUT2D eigenvalue weighted by atomic mass is 32.2. The summed E-state index contributed by atoms with van der Waals surface area (Å²) in [6.07, 6.45) is 3.34. The fourth-order valence-electron chi connectivity index (χ4n) is 2.95. The highest BCUT2D eigenvalue weighted by Crippen LogP contribution is 2.22. The Labute approximate surface area is 144 Å². The summed E-state index contributed by atoms with van der Waals surface area (Å²) in [7, 11) is -1.43. The molecule has 2 aromatic rings. The number of hydrogen-bond donors (Lipinski definition) is 0. The lowest BCUT2D eigenvalue weighted by Crippen LogP contribution is -2.28. The molecule has 24 heavy (non-hydrogen) atoms. The van der Waals surface area contributed by atoms with Gasteiger partial charge in [0.25, 0.3) is 0 Å². The first-order chi connectivity index (χ1) is 11.5. The van der Waals surface area contributed by atoms with Gasteiger partial charge in [0.2, 0.25) is 10.0 Å². The molecule has 1 saturated heterocycles. The minimum Gasteiger partial charge on any atom is -0.355 e. The molecule has 0 bridgehead atoms. The quantitative estimate of drug-likeness (QED) is 0.836. The standard InChI is InChI=1S/C18H23N3O2S/c1-15-7-3-4-8-16(15)14-20(2)18-10-9-17(13-19-18)24(22,23)21-11-5-6-12-21/h3-4,7-10,13H,5-6,11-12,14H2,1-2H3. The van der Waals surface area contributed by atoms with Crippen LogP contribution in [0.1, 0.15) is 24.0 Å². The summed E-state index contributed by atoms with van der Waals surface area (Å²) in [5.41, 5.74) is 2.47. The number of benzene rings is 1. The van der Waals surface area contributed by atoms with Crippen molar-refractivity contribution < 1.29 is 8.42 Å². The molecular weight excluding hydrogens is 322 g/mol. The molecule has 0 N–H and O–H groups in total. The van der Waals surface area contributed by atoms with Gasteiger partial charge in [-0.1, -0.05) is 24.3 Å². The summed E-state index contributed by atoms with van der Waals surface area (Å²) in [5, 5.41) is 0. The Morgan fingerprint density at radius 1 is 1.12 bits per heavy atom. The summed E-state index contributed by atoms with van der Waals surface area (Å²) in [5.74, 6) is 0.763. The van der Waals surface area contributed by atoms with Crippen molar-refractivity contribution in [2.45, 2.75) is 31.2 Å². The zero-order chi connectivity index (χ0) is 17.2. The van der Waals surface area contributed by atoms with Crippen molar-refractivity contribution >= 4 is 15.8 Å². The molecule has 0 spiro atoms. The number of hydrogen-bond acceptors (Lipinski definition) is 4. The summed E-state index contributed by atoms with van der Waals surface area (Å²) in [6.45, 7) is 4.04. The van der Waals surface area contributed by atoms with Gasteiger partial charge in [-0.2, -0.15) is 4.31 Å². The first-order valence-corrected chi connectivity index (χ1v) is 9.64. The topological polar surface area (TPSA) is 53.5 Å². The summed E-state index contributed by atoms with van der Waals surface area (Å²) < 4.78 is 26.6. The van der Waals surface area contributed by atoms with Crippen LogP contribution in [0.3, 0.4) is 0 Å². The largest absolute Gasteiger partial charge is 0.355 e. The van der Waals surface area contributed by atoms with Crippen LogP contribution in [0.15, 0.2) is 47.5 Å². The van der Waals surface area contributed by atoms with Crippen molar-refractivity contribution in [2.24, 2.45) is 0 Å². The molecule has 0 radical (unpaired) electrons. The average molecular weight is 345 g/mol. The second-order valence-corrected chi connectivity index (χ2v) is 8.18. The molecule has 128 valence electrons. The second kappa shape index (κ2) is 6.91. The molecule has 1 aliphatic rings. The van der Waals surface area contributed by atoms with Crippen LogP contribution in [0.2, 0.25) is 0 Å². The number of aromatic nitrogens is 1. The van der Waals surface area contributed by atoms with Gasteiger partial charge in [-0.25, -0.2) is 13.4 Å². The monoisotopic (exact) mass is 345 g/mol. The third-order valence-electron chi connectivity index (χ3n) is 4.48. The van der Waals surface area contributed by atoms with Gasteiger partial charge in [0.1, 0.15) is 10.7 Å². The van der Waals surface area contributed by atoms with Gasteiger partial charge in [-0.05, 0) is 43.0 Å². The van der Waals surface area contributed by atoms with Gasteiger partial charge >= 0.3 is 0 Å². The molecule has 0 unspecified atom stereocenters. The van der Waals surface area contributed by atoms with E-state index in [2.05, 4.69) is 24.0 Å². The van der Waals surface area contributed by atoms with Crippen molar-refractivity contribution in [3.8, 4) is 0 Å². The maximum atomic E-state index is 12.5. The molecule has 6 heteroatoms. The Morgan fingerprint density at radius 2 is 1.83 bits per heavy atom. The zero-order valence-corrected chi connectivity index (χ0v) is 15.0. The Balaban J connectivity index is 1.75. The van der Waals surface area contributed by atoms with Crippen LogP contribution in [0.25, 0.3) is 0 Å². The van der Waals surface area contributed by atoms with Crippen LogP contribution in [-0.2, 0) is 16.6 Å². The van der Waals surface area contributed by atoms with E-state index in [0.717, 1.165) is 25.2 Å². The third kappa shape index (κ3) is 3.44. The molecule has 0 atom stereocenters. The van der Waals surface area contributed by atoms with Crippen molar-refractivity contribution in [1.29, 1.82) is 0 Å². The van der Waals surface area contributed by atoms with E-state index in [4.69, 9.17) is 0 Å². The molecule has 5 nitrogen and oxygen atoms in total. The van der Waals surface area contributed by atoms with E-state index in [1.807, 2.05) is 24.1 Å². The predicted molar refractivity (Wildman–Crippen MR) is 95.5 cm³/mol. The van der Waals surface area contributed by atoms with Gasteiger partial charge < -0.3 is 4.90 Å². The molecule has 3 rings (SSSR count). The van der Waals surface area contributed by atoms with Gasteiger partial charge in [0.05, 0.1) is 0 Å². The van der Waals surface area contributed by atoms with E-state index in [0.29, 0.717) is 13.1 Å². The lowest BCUT2D eigenvalue weighted by molar-refractivity contribution is 0.477. The molecule has 0 saturated carbocycles. The van der Waals surface area contributed by atoms with Crippen LogP contribution < -0.4 is 4.90 Å². The molecule has 2 heterocycles. The lowest BCUT2D eigenvalue weighted by atomic mass is 10.1. The number of rotatable bonds is 5. The zero-order valence-electron chi connectivity index (χ0n) is 14.1. The minimum absolute atomic E-state index is 0.275. The normalized spacial score (nSPS) is 15.6. The van der Waals surface area contributed by atoms with E-state index in [1.165, 1.54) is 17.3 Å². The highest BCUT2D eigenvalue weighted by molar-refractivity contribution is 7.89. The summed E-state index contributed by atoms with van der Waals surface area (Å²) in [6, 6.07) is 11.7. The molecule has 0 amide bonds. The van der Waals surface area contributed by atoms with Gasteiger partial charge in [0, 0.05) is 32.9 Å². The predicted octanol–water partition coefficient (Wildman–Crippen LogP) is 2.81. The second-order valence-electron chi connectivity index (χ2n) is 6.25. The lowest BCUT2D eigenvalue weighted by Gasteiger charge is -2.20. The van der Waals surface area contributed by atoms with Gasteiger partial charge in [-0.15, -0.1) is 0 Å². The molecule has 1 aliphatic heterocycles. The van der Waals surface area contributed by atoms with Crippen LogP contribution >= 0.6 is 0 Å². The van der Waals surface area contributed by atoms with E-state index in [9.17, 15) is 8.42 Å². The maximum absolute atomic E-state index is 12.5. The SMILES string of the molecule is Cc1ccccc1CN(C)c1ccc(S(=O)(=O)N2CCCC2)cn1. The Kier molecular flexibility index (Phi) is 4.87. The Hall–Kier alpha value is -1.92. The van der Waals surface area contributed by atoms with Crippen LogP contribution in [0.5, 0.6) is 0 Å². The number of nitrogens with zero attached hydrogens (tertiary/aromatic N) is 3. The minimum atomic E-state index is -3.39. The first kappa shape index (κ1) is 16.9. The van der Waals surface area contributed by atoms with Crippen molar-refractivity contribution in [1.82, 2.24) is 9.29 Å². The summed E-state index contributed by atoms with van der Waals surface area (Å²) in [4.78, 5) is 6.66. The first-order valence-electron chi connectivity index (χ1n) is 8.20. The molecular formula is C18H23N3O2S. The number of sulfonamides is 1. The number of anilines is 1. The number of aryl methyl sites for hydroxylation is 1.